The second-order valence-corrected chi connectivity index (χ2v) is 6.10. The number of hydrogen-bond acceptors (Lipinski definition) is 2. The summed E-state index contributed by atoms with van der Waals surface area (Å²) in [7, 11) is 1.65. The van der Waals surface area contributed by atoms with Gasteiger partial charge in [0.15, 0.2) is 11.6 Å². The van der Waals surface area contributed by atoms with Crippen molar-refractivity contribution in [3.05, 3.63) is 35.4 Å². The van der Waals surface area contributed by atoms with E-state index in [-0.39, 0.29) is 17.6 Å². The number of nitrogens with one attached hydrogen (secondary N) is 1. The number of methoxy groups -OCH3 is 1. The van der Waals surface area contributed by atoms with E-state index in [1.54, 1.807) is 13.2 Å². The zero-order valence-electron chi connectivity index (χ0n) is 13.0. The molecule has 0 heterocycles. The van der Waals surface area contributed by atoms with Gasteiger partial charge in [0, 0.05) is 13.2 Å². The first kappa shape index (κ1) is 17.1. The number of ether oxygens (including phenoxy) is 1. The third kappa shape index (κ3) is 4.25. The second-order valence-electron chi connectivity index (χ2n) is 6.10. The van der Waals surface area contributed by atoms with Gasteiger partial charge in [-0.25, -0.2) is 8.78 Å². The van der Waals surface area contributed by atoms with Crippen molar-refractivity contribution in [3.8, 4) is 0 Å². The zero-order valence-corrected chi connectivity index (χ0v) is 13.0. The molecular weight excluding hydrogens is 260 g/mol. The van der Waals surface area contributed by atoms with E-state index in [1.807, 2.05) is 6.92 Å². The molecule has 114 valence electrons. The molecule has 2 unspecified atom stereocenters. The molecule has 2 nitrogen and oxygen atoms in total. The van der Waals surface area contributed by atoms with E-state index in [0.717, 1.165) is 12.6 Å². The van der Waals surface area contributed by atoms with Gasteiger partial charge in [0.1, 0.15) is 0 Å². The van der Waals surface area contributed by atoms with Gasteiger partial charge in [0.2, 0.25) is 0 Å². The van der Waals surface area contributed by atoms with Gasteiger partial charge in [-0.3, -0.25) is 0 Å². The maximum absolute atomic E-state index is 13.8. The fourth-order valence-corrected chi connectivity index (χ4v) is 2.61. The number of benzene rings is 1. The molecule has 1 aromatic carbocycles. The summed E-state index contributed by atoms with van der Waals surface area (Å²) < 4.78 is 32.7. The first-order chi connectivity index (χ1) is 9.31. The number of hydrogen-bond donors (Lipinski definition) is 1. The van der Waals surface area contributed by atoms with Crippen LogP contribution in [0.25, 0.3) is 0 Å². The van der Waals surface area contributed by atoms with Crippen LogP contribution in [0.3, 0.4) is 0 Å². The maximum Gasteiger partial charge on any atom is 0.162 e. The van der Waals surface area contributed by atoms with Crippen molar-refractivity contribution in [1.29, 1.82) is 0 Å². The largest absolute Gasteiger partial charge is 0.379 e. The van der Waals surface area contributed by atoms with E-state index in [0.29, 0.717) is 12.0 Å². The van der Waals surface area contributed by atoms with E-state index in [9.17, 15) is 8.78 Å². The van der Waals surface area contributed by atoms with Crippen molar-refractivity contribution >= 4 is 0 Å². The van der Waals surface area contributed by atoms with Gasteiger partial charge in [-0.05, 0) is 30.0 Å². The summed E-state index contributed by atoms with van der Waals surface area (Å²) in [6.45, 7) is 8.97. The van der Waals surface area contributed by atoms with E-state index in [1.165, 1.54) is 6.07 Å². The van der Waals surface area contributed by atoms with Crippen LogP contribution >= 0.6 is 0 Å². The molecule has 0 bridgehead atoms. The Morgan fingerprint density at radius 2 is 1.90 bits per heavy atom. The first-order valence-corrected chi connectivity index (χ1v) is 7.00. The highest BCUT2D eigenvalue weighted by atomic mass is 19.2. The Bertz CT molecular complexity index is 429. The standard InChI is InChI=1S/C16H25F2NO/c1-6-19-13(15(20-5)16(2,3)4)10-11-8-7-9-12(17)14(11)18/h7-9,13,15,19H,6,10H2,1-5H3. The van der Waals surface area contributed by atoms with Crippen molar-refractivity contribution in [1.82, 2.24) is 5.32 Å². The third-order valence-corrected chi connectivity index (χ3v) is 3.41. The van der Waals surface area contributed by atoms with Crippen molar-refractivity contribution in [3.63, 3.8) is 0 Å². The molecular formula is C16H25F2NO. The molecule has 0 radical (unpaired) electrons. The molecule has 0 spiro atoms. The fourth-order valence-electron chi connectivity index (χ4n) is 2.61. The van der Waals surface area contributed by atoms with Crippen molar-refractivity contribution in [2.75, 3.05) is 13.7 Å². The van der Waals surface area contributed by atoms with Gasteiger partial charge in [0.25, 0.3) is 0 Å². The lowest BCUT2D eigenvalue weighted by molar-refractivity contribution is -0.0108. The molecule has 1 rings (SSSR count). The Kier molecular flexibility index (Phi) is 6.08. The summed E-state index contributed by atoms with van der Waals surface area (Å²) in [5.41, 5.74) is 0.285. The van der Waals surface area contributed by atoms with Gasteiger partial charge in [-0.15, -0.1) is 0 Å². The van der Waals surface area contributed by atoms with Gasteiger partial charge in [-0.2, -0.15) is 0 Å². The summed E-state index contributed by atoms with van der Waals surface area (Å²) >= 11 is 0. The smallest absolute Gasteiger partial charge is 0.162 e. The lowest BCUT2D eigenvalue weighted by Gasteiger charge is -2.36. The average Bonchev–Trinajstić information content (AvgIpc) is 2.34. The first-order valence-electron chi connectivity index (χ1n) is 7.00. The third-order valence-electron chi connectivity index (χ3n) is 3.41. The van der Waals surface area contributed by atoms with Crippen LogP contribution < -0.4 is 5.32 Å². The molecule has 20 heavy (non-hydrogen) atoms. The van der Waals surface area contributed by atoms with Crippen LogP contribution in [-0.2, 0) is 11.2 Å². The molecule has 0 amide bonds. The molecule has 1 N–H and O–H groups in total. The van der Waals surface area contributed by atoms with Crippen LogP contribution in [0.5, 0.6) is 0 Å². The van der Waals surface area contributed by atoms with E-state index >= 15 is 0 Å². The van der Waals surface area contributed by atoms with Gasteiger partial charge in [-0.1, -0.05) is 39.8 Å². The highest BCUT2D eigenvalue weighted by Gasteiger charge is 2.32. The van der Waals surface area contributed by atoms with Crippen LogP contribution in [-0.4, -0.2) is 25.8 Å². The Balaban J connectivity index is 3.00. The van der Waals surface area contributed by atoms with Gasteiger partial charge < -0.3 is 10.1 Å². The molecule has 0 aliphatic rings. The number of rotatable bonds is 6. The van der Waals surface area contributed by atoms with Crippen molar-refractivity contribution in [2.45, 2.75) is 46.3 Å². The Labute approximate surface area is 120 Å². The van der Waals surface area contributed by atoms with Gasteiger partial charge in [0.05, 0.1) is 6.10 Å². The highest BCUT2D eigenvalue weighted by molar-refractivity contribution is 5.20. The van der Waals surface area contributed by atoms with Crippen LogP contribution in [0.4, 0.5) is 8.78 Å². The Morgan fingerprint density at radius 3 is 2.40 bits per heavy atom. The zero-order chi connectivity index (χ0) is 15.3. The predicted molar refractivity (Wildman–Crippen MR) is 77.8 cm³/mol. The summed E-state index contributed by atoms with van der Waals surface area (Å²) in [5, 5.41) is 3.32. The van der Waals surface area contributed by atoms with Crippen LogP contribution in [0.1, 0.15) is 33.3 Å². The van der Waals surface area contributed by atoms with E-state index < -0.39 is 11.6 Å². The Morgan fingerprint density at radius 1 is 1.25 bits per heavy atom. The monoisotopic (exact) mass is 285 g/mol. The highest BCUT2D eigenvalue weighted by Crippen LogP contribution is 2.27. The normalized spacial score (nSPS) is 15.2. The van der Waals surface area contributed by atoms with Crippen molar-refractivity contribution < 1.29 is 13.5 Å². The summed E-state index contributed by atoms with van der Waals surface area (Å²) in [5.74, 6) is -1.57. The average molecular weight is 285 g/mol. The molecule has 0 saturated carbocycles. The van der Waals surface area contributed by atoms with Crippen LogP contribution in [0.15, 0.2) is 18.2 Å². The fraction of sp³-hybridized carbons (Fsp3) is 0.625. The summed E-state index contributed by atoms with van der Waals surface area (Å²) in [6.07, 6.45) is 0.304. The Hall–Kier alpha value is -1.00. The molecule has 0 aliphatic carbocycles. The van der Waals surface area contributed by atoms with Gasteiger partial charge >= 0.3 is 0 Å². The maximum atomic E-state index is 13.8. The molecule has 0 aliphatic heterocycles. The predicted octanol–water partition coefficient (Wildman–Crippen LogP) is 3.55. The SMILES string of the molecule is CCNC(Cc1cccc(F)c1F)C(OC)C(C)(C)C. The van der Waals surface area contributed by atoms with Crippen LogP contribution in [0.2, 0.25) is 0 Å². The minimum absolute atomic E-state index is 0.0682. The van der Waals surface area contributed by atoms with E-state index in [4.69, 9.17) is 4.74 Å². The summed E-state index contributed by atoms with van der Waals surface area (Å²) in [4.78, 5) is 0. The van der Waals surface area contributed by atoms with Crippen LogP contribution in [0, 0.1) is 17.0 Å². The number of halogens is 2. The van der Waals surface area contributed by atoms with Crippen molar-refractivity contribution in [2.24, 2.45) is 5.41 Å². The number of likely N-dealkylation sites (N-methyl/N-ethyl adjacent to an activating group) is 1. The lowest BCUT2D eigenvalue weighted by atomic mass is 9.82. The minimum atomic E-state index is -0.803. The summed E-state index contributed by atoms with van der Waals surface area (Å²) in [6, 6.07) is 4.23. The van der Waals surface area contributed by atoms with E-state index in [2.05, 4.69) is 26.1 Å². The second kappa shape index (κ2) is 7.14. The topological polar surface area (TPSA) is 21.3 Å². The molecule has 4 heteroatoms. The quantitative estimate of drug-likeness (QED) is 0.863. The molecule has 0 saturated heterocycles. The molecule has 0 fully saturated rings. The minimum Gasteiger partial charge on any atom is -0.379 e. The molecule has 1 aromatic rings. The molecule has 2 atom stereocenters. The lowest BCUT2D eigenvalue weighted by Crippen LogP contribution is -2.49. The molecule has 0 aromatic heterocycles.